The van der Waals surface area contributed by atoms with E-state index in [9.17, 15) is 0 Å². The Morgan fingerprint density at radius 2 is 1.80 bits per heavy atom. The maximum Gasteiger partial charge on any atom is 0.122 e. The molecule has 1 rings (SSSR count). The van der Waals surface area contributed by atoms with Gasteiger partial charge in [0.25, 0.3) is 0 Å². The second-order valence-corrected chi connectivity index (χ2v) is 4.59. The topological polar surface area (TPSA) is 60.6 Å². The van der Waals surface area contributed by atoms with Crippen molar-refractivity contribution in [2.24, 2.45) is 5.73 Å². The fourth-order valence-corrected chi connectivity index (χ4v) is 1.85. The molecule has 0 aliphatic heterocycles. The van der Waals surface area contributed by atoms with Crippen molar-refractivity contribution >= 4 is 22.9 Å². The summed E-state index contributed by atoms with van der Waals surface area (Å²) in [5.41, 5.74) is 7.21. The lowest BCUT2D eigenvalue weighted by Gasteiger charge is -2.24. The molecule has 0 radical (unpaired) electrons. The van der Waals surface area contributed by atoms with E-state index < -0.39 is 0 Å². The minimum atomic E-state index is 0.312. The van der Waals surface area contributed by atoms with Crippen molar-refractivity contribution in [3.8, 4) is 0 Å². The Kier molecular flexibility index (Phi) is 8.10. The highest BCUT2D eigenvalue weighted by atomic mass is 32.1. The van der Waals surface area contributed by atoms with E-state index in [1.54, 1.807) is 6.20 Å². The third-order valence-corrected chi connectivity index (χ3v) is 2.99. The summed E-state index contributed by atoms with van der Waals surface area (Å²) in [4.78, 5) is 6.76. The third kappa shape index (κ3) is 5.81. The minimum absolute atomic E-state index is 0.312. The van der Waals surface area contributed by atoms with Crippen LogP contribution in [-0.4, -0.2) is 49.5 Å². The summed E-state index contributed by atoms with van der Waals surface area (Å²) in [6.07, 6.45) is 1.78. The van der Waals surface area contributed by atoms with Crippen molar-refractivity contribution < 1.29 is 9.47 Å². The number of aromatic nitrogens is 1. The zero-order valence-electron chi connectivity index (χ0n) is 12.2. The normalized spacial score (nSPS) is 10.5. The van der Waals surface area contributed by atoms with Crippen LogP contribution >= 0.6 is 12.2 Å². The van der Waals surface area contributed by atoms with E-state index >= 15 is 0 Å². The number of hydrogen-bond donors (Lipinski definition) is 1. The van der Waals surface area contributed by atoms with Crippen LogP contribution in [0, 0.1) is 0 Å². The first-order chi connectivity index (χ1) is 9.69. The maximum atomic E-state index is 5.55. The molecule has 0 aromatic carbocycles. The highest BCUT2D eigenvalue weighted by Crippen LogP contribution is 2.13. The summed E-state index contributed by atoms with van der Waals surface area (Å²) in [6, 6.07) is 3.81. The van der Waals surface area contributed by atoms with Crippen molar-refractivity contribution in [1.82, 2.24) is 4.98 Å². The van der Waals surface area contributed by atoms with Gasteiger partial charge in [0, 0.05) is 26.3 Å². The molecule has 2 N–H and O–H groups in total. The number of nitrogens with zero attached hydrogens (tertiary/aromatic N) is 2. The molecule has 1 heterocycles. The summed E-state index contributed by atoms with van der Waals surface area (Å²) in [5, 5.41) is 0. The molecule has 1 aromatic rings. The number of thiocarbonyl (C=S) groups is 1. The Balaban J connectivity index is 2.66. The first-order valence-corrected chi connectivity index (χ1v) is 7.26. The van der Waals surface area contributed by atoms with Crippen molar-refractivity contribution in [3.63, 3.8) is 0 Å². The molecule has 0 spiro atoms. The number of hydrogen-bond acceptors (Lipinski definition) is 5. The fourth-order valence-electron chi connectivity index (χ4n) is 1.73. The fraction of sp³-hybridized carbons (Fsp3) is 0.571. The molecular weight excluding hydrogens is 274 g/mol. The highest BCUT2D eigenvalue weighted by molar-refractivity contribution is 7.80. The molecule has 0 unspecified atom stereocenters. The molecule has 0 saturated heterocycles. The zero-order valence-corrected chi connectivity index (χ0v) is 13.0. The molecule has 112 valence electrons. The van der Waals surface area contributed by atoms with Gasteiger partial charge in [0.1, 0.15) is 4.99 Å². The summed E-state index contributed by atoms with van der Waals surface area (Å²) in [6.45, 7) is 8.38. The van der Waals surface area contributed by atoms with Crippen molar-refractivity contribution in [1.29, 1.82) is 0 Å². The van der Waals surface area contributed by atoms with Gasteiger partial charge in [-0.3, -0.25) is 4.98 Å². The summed E-state index contributed by atoms with van der Waals surface area (Å²) in [5.74, 6) is 0. The van der Waals surface area contributed by atoms with E-state index in [-0.39, 0.29) is 0 Å². The first-order valence-electron chi connectivity index (χ1n) is 6.85. The van der Waals surface area contributed by atoms with Crippen LogP contribution in [0.25, 0.3) is 0 Å². The standard InChI is InChI=1S/C14H23N3O2S/c1-3-18-9-7-17(8-10-19-4-2)12-5-6-13(14(15)20)16-11-12/h5-6,11H,3-4,7-10H2,1-2H3,(H2,15,20). The van der Waals surface area contributed by atoms with Crippen LogP contribution in [0.5, 0.6) is 0 Å². The molecule has 0 saturated carbocycles. The molecule has 0 fully saturated rings. The molecular formula is C14H23N3O2S. The predicted octanol–water partition coefficient (Wildman–Crippen LogP) is 1.60. The van der Waals surface area contributed by atoms with Crippen LogP contribution < -0.4 is 10.6 Å². The summed E-state index contributed by atoms with van der Waals surface area (Å²) < 4.78 is 10.8. The number of anilines is 1. The minimum Gasteiger partial charge on any atom is -0.388 e. The van der Waals surface area contributed by atoms with Crippen molar-refractivity contribution in [2.45, 2.75) is 13.8 Å². The monoisotopic (exact) mass is 297 g/mol. The zero-order chi connectivity index (χ0) is 14.8. The number of pyridine rings is 1. The van der Waals surface area contributed by atoms with E-state index in [4.69, 9.17) is 27.4 Å². The van der Waals surface area contributed by atoms with Gasteiger partial charge in [0.05, 0.1) is 30.8 Å². The second-order valence-electron chi connectivity index (χ2n) is 4.15. The molecule has 5 nitrogen and oxygen atoms in total. The van der Waals surface area contributed by atoms with Crippen LogP contribution in [0.2, 0.25) is 0 Å². The Morgan fingerprint density at radius 1 is 1.20 bits per heavy atom. The van der Waals surface area contributed by atoms with Gasteiger partial charge in [-0.25, -0.2) is 0 Å². The van der Waals surface area contributed by atoms with Crippen LogP contribution in [0.15, 0.2) is 18.3 Å². The van der Waals surface area contributed by atoms with E-state index in [1.807, 2.05) is 26.0 Å². The van der Waals surface area contributed by atoms with E-state index in [0.717, 1.165) is 32.0 Å². The molecule has 0 bridgehead atoms. The molecule has 6 heteroatoms. The lowest BCUT2D eigenvalue weighted by atomic mass is 10.3. The van der Waals surface area contributed by atoms with Gasteiger partial charge in [0.15, 0.2) is 0 Å². The second kappa shape index (κ2) is 9.63. The molecule has 0 aliphatic carbocycles. The smallest absolute Gasteiger partial charge is 0.122 e. The Labute approximate surface area is 126 Å². The van der Waals surface area contributed by atoms with Gasteiger partial charge in [0.2, 0.25) is 0 Å². The third-order valence-electron chi connectivity index (χ3n) is 2.78. The first kappa shape index (κ1) is 16.8. The molecule has 1 aromatic heterocycles. The Hall–Kier alpha value is -1.24. The SMILES string of the molecule is CCOCCN(CCOCC)c1ccc(C(N)=S)nc1. The Bertz CT molecular complexity index is 388. The lowest BCUT2D eigenvalue weighted by Crippen LogP contribution is -2.31. The van der Waals surface area contributed by atoms with Gasteiger partial charge < -0.3 is 20.1 Å². The van der Waals surface area contributed by atoms with Crippen LogP contribution in [0.1, 0.15) is 19.5 Å². The van der Waals surface area contributed by atoms with Gasteiger partial charge in [-0.05, 0) is 26.0 Å². The van der Waals surface area contributed by atoms with Crippen molar-refractivity contribution in [2.75, 3.05) is 44.4 Å². The van der Waals surface area contributed by atoms with Gasteiger partial charge in [-0.1, -0.05) is 12.2 Å². The highest BCUT2D eigenvalue weighted by Gasteiger charge is 2.07. The van der Waals surface area contributed by atoms with Crippen LogP contribution in [0.3, 0.4) is 0 Å². The number of nitrogens with two attached hydrogens (primary N) is 1. The Morgan fingerprint density at radius 3 is 2.20 bits per heavy atom. The van der Waals surface area contributed by atoms with Gasteiger partial charge in [-0.15, -0.1) is 0 Å². The average molecular weight is 297 g/mol. The van der Waals surface area contributed by atoms with Crippen LogP contribution in [0.4, 0.5) is 5.69 Å². The summed E-state index contributed by atoms with van der Waals surface area (Å²) in [7, 11) is 0. The van der Waals surface area contributed by atoms with E-state index in [1.165, 1.54) is 0 Å². The molecule has 0 aliphatic rings. The van der Waals surface area contributed by atoms with Gasteiger partial charge in [-0.2, -0.15) is 0 Å². The lowest BCUT2D eigenvalue weighted by molar-refractivity contribution is 0.141. The number of ether oxygens (including phenoxy) is 2. The average Bonchev–Trinajstić information content (AvgIpc) is 2.46. The van der Waals surface area contributed by atoms with Crippen molar-refractivity contribution in [3.05, 3.63) is 24.0 Å². The predicted molar refractivity (Wildman–Crippen MR) is 85.3 cm³/mol. The van der Waals surface area contributed by atoms with E-state index in [2.05, 4.69) is 9.88 Å². The van der Waals surface area contributed by atoms with E-state index in [0.29, 0.717) is 23.9 Å². The molecule has 0 amide bonds. The molecule has 20 heavy (non-hydrogen) atoms. The number of rotatable bonds is 10. The maximum absolute atomic E-state index is 5.55. The largest absolute Gasteiger partial charge is 0.388 e. The molecule has 0 atom stereocenters. The van der Waals surface area contributed by atoms with Crippen LogP contribution in [-0.2, 0) is 9.47 Å². The van der Waals surface area contributed by atoms with Gasteiger partial charge >= 0.3 is 0 Å². The summed E-state index contributed by atoms with van der Waals surface area (Å²) >= 11 is 4.90. The quantitative estimate of drug-likeness (QED) is 0.523.